The molecule has 0 aliphatic carbocycles. The Morgan fingerprint density at radius 3 is 2.71 bits per heavy atom. The summed E-state index contributed by atoms with van der Waals surface area (Å²) in [7, 11) is 1.45. The minimum absolute atomic E-state index is 0.137. The summed E-state index contributed by atoms with van der Waals surface area (Å²) in [4.78, 5) is 24.1. The monoisotopic (exact) mass is 299 g/mol. The summed E-state index contributed by atoms with van der Waals surface area (Å²) < 4.78 is 23.2. The Bertz CT molecular complexity index is 494. The molecule has 0 heterocycles. The fourth-order valence-electron chi connectivity index (χ4n) is 1.68. The van der Waals surface area contributed by atoms with Crippen LogP contribution in [0.25, 0.3) is 0 Å². The molecule has 0 radical (unpaired) electrons. The highest BCUT2D eigenvalue weighted by Gasteiger charge is 2.23. The Labute approximate surface area is 122 Å². The third kappa shape index (κ3) is 5.78. The predicted molar refractivity (Wildman–Crippen MR) is 72.6 cm³/mol. The van der Waals surface area contributed by atoms with Gasteiger partial charge in [-0.3, -0.25) is 9.59 Å². The van der Waals surface area contributed by atoms with Crippen molar-refractivity contribution in [3.8, 4) is 5.75 Å². The normalized spacial score (nSPS) is 11.8. The van der Waals surface area contributed by atoms with E-state index in [0.29, 0.717) is 0 Å². The van der Waals surface area contributed by atoms with Gasteiger partial charge in [0.1, 0.15) is 18.1 Å². The number of carbonyl (C=O) groups excluding carboxylic acids is 1. The smallest absolute Gasteiger partial charge is 0.323 e. The zero-order valence-electron chi connectivity index (χ0n) is 11.9. The Balaban J connectivity index is 2.70. The van der Waals surface area contributed by atoms with Crippen LogP contribution in [0.1, 0.15) is 6.92 Å². The van der Waals surface area contributed by atoms with Crippen molar-refractivity contribution in [2.45, 2.75) is 13.0 Å². The van der Waals surface area contributed by atoms with Crippen molar-refractivity contribution >= 4 is 11.9 Å². The molecule has 0 aliphatic heterocycles. The first-order valence-corrected chi connectivity index (χ1v) is 6.35. The maximum Gasteiger partial charge on any atom is 0.323 e. The summed E-state index contributed by atoms with van der Waals surface area (Å²) in [6.07, 6.45) is -0.928. The quantitative estimate of drug-likeness (QED) is 0.779. The first-order chi connectivity index (χ1) is 9.93. The van der Waals surface area contributed by atoms with Crippen LogP contribution >= 0.6 is 0 Å². The lowest BCUT2D eigenvalue weighted by Gasteiger charge is -2.24. The molecule has 1 amide bonds. The average Bonchev–Trinajstić information content (AvgIpc) is 2.42. The number of carboxylic acid groups (broad SMARTS) is 1. The average molecular weight is 299 g/mol. The van der Waals surface area contributed by atoms with Gasteiger partial charge in [-0.05, 0) is 19.1 Å². The van der Waals surface area contributed by atoms with E-state index in [2.05, 4.69) is 0 Å². The molecule has 1 aromatic rings. The van der Waals surface area contributed by atoms with E-state index in [4.69, 9.17) is 14.6 Å². The van der Waals surface area contributed by atoms with Crippen molar-refractivity contribution in [1.29, 1.82) is 0 Å². The number of carboxylic acids is 1. The molecule has 0 spiro atoms. The van der Waals surface area contributed by atoms with Crippen LogP contribution in [0, 0.1) is 5.82 Å². The van der Waals surface area contributed by atoms with E-state index in [-0.39, 0.29) is 18.9 Å². The van der Waals surface area contributed by atoms with Gasteiger partial charge in [-0.2, -0.15) is 0 Å². The SMILES string of the molecule is COCCN(CC(=O)O)C(=O)C(C)Oc1cccc(F)c1. The highest BCUT2D eigenvalue weighted by atomic mass is 19.1. The standard InChI is InChI=1S/C14H18FNO5/c1-10(21-12-5-3-4-11(15)8-12)14(19)16(6-7-20-2)9-13(17)18/h3-5,8,10H,6-7,9H2,1-2H3,(H,17,18). The van der Waals surface area contributed by atoms with Crippen LogP contribution in [-0.2, 0) is 14.3 Å². The number of carbonyl (C=O) groups is 2. The first kappa shape index (κ1) is 16.9. The maximum atomic E-state index is 13.0. The Morgan fingerprint density at radius 1 is 1.43 bits per heavy atom. The molecule has 1 N–H and O–H groups in total. The van der Waals surface area contributed by atoms with Gasteiger partial charge in [0.05, 0.1) is 6.61 Å². The molecule has 0 fully saturated rings. The van der Waals surface area contributed by atoms with Crippen LogP contribution < -0.4 is 4.74 Å². The molecule has 1 unspecified atom stereocenters. The van der Waals surface area contributed by atoms with Crippen LogP contribution in [0.3, 0.4) is 0 Å². The van der Waals surface area contributed by atoms with E-state index in [9.17, 15) is 14.0 Å². The van der Waals surface area contributed by atoms with Crippen LogP contribution in [0.4, 0.5) is 4.39 Å². The Kier molecular flexibility index (Phi) is 6.61. The van der Waals surface area contributed by atoms with Crippen molar-refractivity contribution in [3.05, 3.63) is 30.1 Å². The van der Waals surface area contributed by atoms with Crippen molar-refractivity contribution in [3.63, 3.8) is 0 Å². The lowest BCUT2D eigenvalue weighted by Crippen LogP contribution is -2.44. The number of methoxy groups -OCH3 is 1. The van der Waals surface area contributed by atoms with Gasteiger partial charge in [0, 0.05) is 19.7 Å². The number of rotatable bonds is 8. The lowest BCUT2D eigenvalue weighted by atomic mass is 10.3. The number of hydrogen-bond acceptors (Lipinski definition) is 4. The lowest BCUT2D eigenvalue weighted by molar-refractivity contribution is -0.148. The summed E-state index contributed by atoms with van der Waals surface area (Å²) in [5.41, 5.74) is 0. The zero-order chi connectivity index (χ0) is 15.8. The summed E-state index contributed by atoms with van der Waals surface area (Å²) >= 11 is 0. The molecule has 116 valence electrons. The van der Waals surface area contributed by atoms with E-state index in [1.807, 2.05) is 0 Å². The second-order valence-electron chi connectivity index (χ2n) is 4.36. The molecule has 6 nitrogen and oxygen atoms in total. The number of amides is 1. The number of ether oxygens (including phenoxy) is 2. The molecule has 0 saturated heterocycles. The molecule has 0 aromatic heterocycles. The molecule has 1 atom stereocenters. The van der Waals surface area contributed by atoms with Gasteiger partial charge < -0.3 is 19.5 Å². The minimum atomic E-state index is -1.13. The van der Waals surface area contributed by atoms with Gasteiger partial charge in [-0.15, -0.1) is 0 Å². The second kappa shape index (κ2) is 8.21. The van der Waals surface area contributed by atoms with Gasteiger partial charge >= 0.3 is 5.97 Å². The molecule has 7 heteroatoms. The van der Waals surface area contributed by atoms with E-state index in [1.165, 1.54) is 32.2 Å². The number of benzene rings is 1. The predicted octanol–water partition coefficient (Wildman–Crippen LogP) is 1.15. The molecular weight excluding hydrogens is 281 g/mol. The summed E-state index contributed by atoms with van der Waals surface area (Å²) in [6, 6.07) is 5.39. The van der Waals surface area contributed by atoms with Gasteiger partial charge in [0.2, 0.25) is 0 Å². The highest BCUT2D eigenvalue weighted by Crippen LogP contribution is 2.14. The van der Waals surface area contributed by atoms with E-state index < -0.39 is 30.3 Å². The Hall–Kier alpha value is -2.15. The van der Waals surface area contributed by atoms with Crippen LogP contribution in [0.15, 0.2) is 24.3 Å². The maximum absolute atomic E-state index is 13.0. The molecule has 1 rings (SSSR count). The largest absolute Gasteiger partial charge is 0.481 e. The van der Waals surface area contributed by atoms with Crippen molar-refractivity contribution in [2.75, 3.05) is 26.8 Å². The fourth-order valence-corrected chi connectivity index (χ4v) is 1.68. The number of nitrogens with zero attached hydrogens (tertiary/aromatic N) is 1. The molecule has 21 heavy (non-hydrogen) atoms. The van der Waals surface area contributed by atoms with Crippen LogP contribution in [-0.4, -0.2) is 54.8 Å². The summed E-state index contributed by atoms with van der Waals surface area (Å²) in [6.45, 7) is 1.39. The van der Waals surface area contributed by atoms with Crippen molar-refractivity contribution < 1.29 is 28.6 Å². The van der Waals surface area contributed by atoms with Crippen molar-refractivity contribution in [2.24, 2.45) is 0 Å². The van der Waals surface area contributed by atoms with Crippen molar-refractivity contribution in [1.82, 2.24) is 4.90 Å². The first-order valence-electron chi connectivity index (χ1n) is 6.35. The topological polar surface area (TPSA) is 76.1 Å². The fraction of sp³-hybridized carbons (Fsp3) is 0.429. The van der Waals surface area contributed by atoms with Crippen LogP contribution in [0.2, 0.25) is 0 Å². The van der Waals surface area contributed by atoms with Crippen LogP contribution in [0.5, 0.6) is 5.75 Å². The third-order valence-electron chi connectivity index (χ3n) is 2.66. The van der Waals surface area contributed by atoms with E-state index >= 15 is 0 Å². The summed E-state index contributed by atoms with van der Waals surface area (Å²) in [5, 5.41) is 8.81. The third-order valence-corrected chi connectivity index (χ3v) is 2.66. The van der Waals surface area contributed by atoms with Gasteiger partial charge in [-0.1, -0.05) is 6.07 Å². The second-order valence-corrected chi connectivity index (χ2v) is 4.36. The number of aliphatic carboxylic acids is 1. The van der Waals surface area contributed by atoms with Gasteiger partial charge in [-0.25, -0.2) is 4.39 Å². The molecule has 0 aliphatic rings. The molecule has 0 bridgehead atoms. The Morgan fingerprint density at radius 2 is 2.14 bits per heavy atom. The molecular formula is C14H18FNO5. The number of halogens is 1. The number of hydrogen-bond donors (Lipinski definition) is 1. The molecule has 1 aromatic carbocycles. The highest BCUT2D eigenvalue weighted by molar-refractivity contribution is 5.84. The van der Waals surface area contributed by atoms with Gasteiger partial charge in [0.25, 0.3) is 5.91 Å². The zero-order valence-corrected chi connectivity index (χ0v) is 11.9. The minimum Gasteiger partial charge on any atom is -0.481 e. The van der Waals surface area contributed by atoms with E-state index in [1.54, 1.807) is 0 Å². The van der Waals surface area contributed by atoms with Gasteiger partial charge in [0.15, 0.2) is 6.10 Å². The summed E-state index contributed by atoms with van der Waals surface area (Å²) in [5.74, 6) is -1.90. The molecule has 0 saturated carbocycles. The van der Waals surface area contributed by atoms with E-state index in [0.717, 1.165) is 11.0 Å².